The second-order valence-corrected chi connectivity index (χ2v) is 5.49. The Morgan fingerprint density at radius 3 is 2.71 bits per heavy atom. The van der Waals surface area contributed by atoms with Crippen molar-refractivity contribution in [2.24, 2.45) is 5.73 Å². The van der Waals surface area contributed by atoms with E-state index in [1.807, 2.05) is 12.3 Å². The second-order valence-electron chi connectivity index (χ2n) is 5.49. The third-order valence-corrected chi connectivity index (χ3v) is 3.69. The molecule has 2 rings (SSSR count). The molecule has 3 nitrogen and oxygen atoms in total. The van der Waals surface area contributed by atoms with Gasteiger partial charge in [-0.05, 0) is 37.3 Å². The molecule has 17 heavy (non-hydrogen) atoms. The predicted molar refractivity (Wildman–Crippen MR) is 72.4 cm³/mol. The minimum absolute atomic E-state index is 0.112. The summed E-state index contributed by atoms with van der Waals surface area (Å²) in [6.07, 6.45) is 5.47. The Morgan fingerprint density at radius 1 is 1.35 bits per heavy atom. The molecule has 2 N–H and O–H groups in total. The normalized spacial score (nSPS) is 16.5. The fourth-order valence-corrected chi connectivity index (χ4v) is 2.60. The molecular weight excluding hydrogens is 210 g/mol. The number of hydrogen-bond donors (Lipinski definition) is 1. The van der Waals surface area contributed by atoms with Gasteiger partial charge in [0.05, 0.1) is 0 Å². The van der Waals surface area contributed by atoms with Gasteiger partial charge in [0.2, 0.25) is 0 Å². The van der Waals surface area contributed by atoms with E-state index >= 15 is 0 Å². The maximum absolute atomic E-state index is 5.72. The van der Waals surface area contributed by atoms with E-state index in [1.165, 1.54) is 24.2 Å². The van der Waals surface area contributed by atoms with Crippen molar-refractivity contribution in [2.45, 2.75) is 38.5 Å². The Balaban J connectivity index is 2.32. The highest BCUT2D eigenvalue weighted by Gasteiger charge is 2.26. The highest BCUT2D eigenvalue weighted by Crippen LogP contribution is 2.34. The maximum atomic E-state index is 5.72. The highest BCUT2D eigenvalue weighted by atomic mass is 15.2. The molecule has 3 heteroatoms. The van der Waals surface area contributed by atoms with Gasteiger partial charge in [0, 0.05) is 24.8 Å². The highest BCUT2D eigenvalue weighted by molar-refractivity contribution is 5.51. The van der Waals surface area contributed by atoms with Crippen molar-refractivity contribution in [3.8, 4) is 0 Å². The van der Waals surface area contributed by atoms with E-state index in [9.17, 15) is 0 Å². The molecule has 0 unspecified atom stereocenters. The second kappa shape index (κ2) is 5.05. The lowest BCUT2D eigenvalue weighted by atomic mass is 9.81. The van der Waals surface area contributed by atoms with Crippen LogP contribution < -0.4 is 10.6 Å². The van der Waals surface area contributed by atoms with Crippen molar-refractivity contribution in [2.75, 3.05) is 24.5 Å². The lowest BCUT2D eigenvalue weighted by Crippen LogP contribution is -2.28. The summed E-state index contributed by atoms with van der Waals surface area (Å²) in [5.74, 6) is 1.17. The third kappa shape index (κ3) is 2.60. The number of aromatic nitrogens is 1. The molecule has 0 aromatic carbocycles. The molecule has 0 spiro atoms. The summed E-state index contributed by atoms with van der Waals surface area (Å²) in [6, 6.07) is 4.24. The molecule has 0 bridgehead atoms. The summed E-state index contributed by atoms with van der Waals surface area (Å²) in [6.45, 7) is 7.53. The van der Waals surface area contributed by atoms with Gasteiger partial charge in [-0.15, -0.1) is 0 Å². The quantitative estimate of drug-likeness (QED) is 0.867. The lowest BCUT2D eigenvalue weighted by molar-refractivity contribution is 0.485. The van der Waals surface area contributed by atoms with Gasteiger partial charge in [-0.1, -0.05) is 19.9 Å². The van der Waals surface area contributed by atoms with Crippen LogP contribution >= 0.6 is 0 Å². The minimum Gasteiger partial charge on any atom is -0.356 e. The molecule has 2 heterocycles. The molecule has 1 aliphatic rings. The van der Waals surface area contributed by atoms with Crippen molar-refractivity contribution in [3.05, 3.63) is 23.9 Å². The molecule has 0 amide bonds. The van der Waals surface area contributed by atoms with E-state index in [0.29, 0.717) is 0 Å². The van der Waals surface area contributed by atoms with Gasteiger partial charge in [-0.25, -0.2) is 4.98 Å². The Morgan fingerprint density at radius 2 is 2.06 bits per heavy atom. The number of nitrogens with two attached hydrogens (primary N) is 1. The number of nitrogens with zero attached hydrogens (tertiary/aromatic N) is 2. The number of hydrogen-bond acceptors (Lipinski definition) is 3. The van der Waals surface area contributed by atoms with E-state index in [-0.39, 0.29) is 5.41 Å². The maximum Gasteiger partial charge on any atom is 0.132 e. The fraction of sp³-hybridized carbons (Fsp3) is 0.643. The smallest absolute Gasteiger partial charge is 0.132 e. The zero-order valence-corrected chi connectivity index (χ0v) is 10.9. The van der Waals surface area contributed by atoms with E-state index in [0.717, 1.165) is 26.1 Å². The average molecular weight is 233 g/mol. The first-order valence-corrected chi connectivity index (χ1v) is 6.56. The minimum atomic E-state index is 0.112. The Kier molecular flexibility index (Phi) is 3.67. The van der Waals surface area contributed by atoms with Crippen LogP contribution in [0.15, 0.2) is 18.3 Å². The Hall–Kier alpha value is -1.09. The summed E-state index contributed by atoms with van der Waals surface area (Å²) >= 11 is 0. The summed E-state index contributed by atoms with van der Waals surface area (Å²) in [5.41, 5.74) is 7.17. The van der Waals surface area contributed by atoms with Crippen LogP contribution in [0.2, 0.25) is 0 Å². The molecule has 1 fully saturated rings. The van der Waals surface area contributed by atoms with Gasteiger partial charge in [0.15, 0.2) is 0 Å². The monoisotopic (exact) mass is 233 g/mol. The topological polar surface area (TPSA) is 42.1 Å². The van der Waals surface area contributed by atoms with Crippen LogP contribution in [-0.2, 0) is 5.41 Å². The van der Waals surface area contributed by atoms with E-state index in [4.69, 9.17) is 5.73 Å². The molecule has 1 saturated heterocycles. The van der Waals surface area contributed by atoms with Gasteiger partial charge in [-0.2, -0.15) is 0 Å². The van der Waals surface area contributed by atoms with Crippen LogP contribution in [0.1, 0.15) is 38.7 Å². The zero-order chi connectivity index (χ0) is 12.3. The first-order chi connectivity index (χ1) is 8.15. The van der Waals surface area contributed by atoms with Crippen LogP contribution in [-0.4, -0.2) is 24.6 Å². The van der Waals surface area contributed by atoms with Crippen LogP contribution in [0.25, 0.3) is 0 Å². The summed E-state index contributed by atoms with van der Waals surface area (Å²) in [5, 5.41) is 0. The zero-order valence-electron chi connectivity index (χ0n) is 10.9. The third-order valence-electron chi connectivity index (χ3n) is 3.69. The molecule has 0 radical (unpaired) electrons. The largest absolute Gasteiger partial charge is 0.356 e. The standard InChI is InChI=1S/C14H23N3/c1-14(2,7-8-15)12-6-5-9-16-13(12)17-10-3-4-11-17/h5-6,9H,3-4,7-8,10-11,15H2,1-2H3. The SMILES string of the molecule is CC(C)(CCN)c1cccnc1N1CCCC1. The van der Waals surface area contributed by atoms with Crippen LogP contribution in [0.4, 0.5) is 5.82 Å². The fourth-order valence-electron chi connectivity index (χ4n) is 2.60. The van der Waals surface area contributed by atoms with Gasteiger partial charge in [0.1, 0.15) is 5.82 Å². The van der Waals surface area contributed by atoms with Crippen LogP contribution in [0.3, 0.4) is 0 Å². The van der Waals surface area contributed by atoms with Gasteiger partial charge in [-0.3, -0.25) is 0 Å². The van der Waals surface area contributed by atoms with Gasteiger partial charge in [0.25, 0.3) is 0 Å². The molecule has 0 saturated carbocycles. The first kappa shape index (κ1) is 12.4. The van der Waals surface area contributed by atoms with Gasteiger partial charge < -0.3 is 10.6 Å². The number of anilines is 1. The Labute approximate surface area is 104 Å². The number of rotatable bonds is 4. The number of pyridine rings is 1. The predicted octanol–water partition coefficient (Wildman–Crippen LogP) is 2.31. The van der Waals surface area contributed by atoms with E-state index in [1.54, 1.807) is 0 Å². The molecular formula is C14H23N3. The lowest BCUT2D eigenvalue weighted by Gasteiger charge is -2.30. The van der Waals surface area contributed by atoms with Crippen molar-refractivity contribution in [1.29, 1.82) is 0 Å². The van der Waals surface area contributed by atoms with Crippen LogP contribution in [0, 0.1) is 0 Å². The molecule has 0 atom stereocenters. The van der Waals surface area contributed by atoms with Crippen molar-refractivity contribution in [3.63, 3.8) is 0 Å². The van der Waals surface area contributed by atoms with E-state index in [2.05, 4.69) is 29.8 Å². The molecule has 1 aromatic heterocycles. The molecule has 0 aliphatic carbocycles. The van der Waals surface area contributed by atoms with Crippen LogP contribution in [0.5, 0.6) is 0 Å². The summed E-state index contributed by atoms with van der Waals surface area (Å²) in [7, 11) is 0. The Bertz CT molecular complexity index is 367. The van der Waals surface area contributed by atoms with Crippen molar-refractivity contribution >= 4 is 5.82 Å². The molecule has 94 valence electrons. The van der Waals surface area contributed by atoms with Gasteiger partial charge >= 0.3 is 0 Å². The summed E-state index contributed by atoms with van der Waals surface area (Å²) in [4.78, 5) is 7.00. The summed E-state index contributed by atoms with van der Waals surface area (Å²) < 4.78 is 0. The van der Waals surface area contributed by atoms with Crippen molar-refractivity contribution < 1.29 is 0 Å². The molecule has 1 aliphatic heterocycles. The van der Waals surface area contributed by atoms with E-state index < -0.39 is 0 Å². The van der Waals surface area contributed by atoms with Crippen molar-refractivity contribution in [1.82, 2.24) is 4.98 Å². The first-order valence-electron chi connectivity index (χ1n) is 6.56. The average Bonchev–Trinajstić information content (AvgIpc) is 2.82. The molecule has 1 aromatic rings.